The fraction of sp³-hybridized carbons (Fsp3) is 0.647. The smallest absolute Gasteiger partial charge is 0.122 e. The van der Waals surface area contributed by atoms with Gasteiger partial charge in [0, 0.05) is 0 Å². The first-order valence-electron chi connectivity index (χ1n) is 7.78. The molecular formula is C17H25NO. The van der Waals surface area contributed by atoms with E-state index in [1.165, 1.54) is 49.8 Å². The molecular weight excluding hydrogens is 234 g/mol. The fourth-order valence-electron chi connectivity index (χ4n) is 3.06. The average Bonchev–Trinajstić information content (AvgIpc) is 2.37. The van der Waals surface area contributed by atoms with E-state index in [4.69, 9.17) is 4.74 Å². The lowest BCUT2D eigenvalue weighted by Crippen LogP contribution is -2.31. The van der Waals surface area contributed by atoms with Gasteiger partial charge in [-0.05, 0) is 76.1 Å². The van der Waals surface area contributed by atoms with Gasteiger partial charge in [-0.3, -0.25) is 0 Å². The maximum absolute atomic E-state index is 6.16. The van der Waals surface area contributed by atoms with E-state index >= 15 is 0 Å². The van der Waals surface area contributed by atoms with Crippen molar-refractivity contribution in [3.8, 4) is 5.75 Å². The molecule has 1 aromatic carbocycles. The number of ether oxygens (including phenoxy) is 1. The average molecular weight is 259 g/mol. The van der Waals surface area contributed by atoms with Crippen LogP contribution in [0.1, 0.15) is 43.2 Å². The molecule has 1 saturated carbocycles. The molecule has 0 spiro atoms. The summed E-state index contributed by atoms with van der Waals surface area (Å²) in [4.78, 5) is 0. The molecule has 1 aliphatic heterocycles. The van der Waals surface area contributed by atoms with E-state index in [1.807, 2.05) is 0 Å². The predicted octanol–water partition coefficient (Wildman–Crippen LogP) is 3.47. The van der Waals surface area contributed by atoms with Crippen LogP contribution in [0.5, 0.6) is 5.75 Å². The third kappa shape index (κ3) is 3.30. The Morgan fingerprint density at radius 3 is 2.79 bits per heavy atom. The highest BCUT2D eigenvalue weighted by Gasteiger charge is 2.21. The van der Waals surface area contributed by atoms with Crippen LogP contribution in [-0.2, 0) is 6.42 Å². The van der Waals surface area contributed by atoms with Gasteiger partial charge in [0.15, 0.2) is 0 Å². The molecule has 0 aromatic heterocycles. The molecule has 0 radical (unpaired) electrons. The molecule has 1 saturated heterocycles. The van der Waals surface area contributed by atoms with Crippen LogP contribution < -0.4 is 10.1 Å². The van der Waals surface area contributed by atoms with Crippen molar-refractivity contribution >= 4 is 0 Å². The largest absolute Gasteiger partial charge is 0.490 e. The molecule has 19 heavy (non-hydrogen) atoms. The molecule has 2 nitrogen and oxygen atoms in total. The van der Waals surface area contributed by atoms with Gasteiger partial charge in [0.25, 0.3) is 0 Å². The van der Waals surface area contributed by atoms with Gasteiger partial charge in [-0.2, -0.15) is 0 Å². The molecule has 2 aliphatic rings. The maximum atomic E-state index is 6.16. The summed E-state index contributed by atoms with van der Waals surface area (Å²) in [6, 6.07) is 6.68. The van der Waals surface area contributed by atoms with Crippen LogP contribution in [0.2, 0.25) is 0 Å². The van der Waals surface area contributed by atoms with E-state index in [9.17, 15) is 0 Å². The normalized spacial score (nSPS) is 23.9. The highest BCUT2D eigenvalue weighted by Crippen LogP contribution is 2.30. The topological polar surface area (TPSA) is 21.3 Å². The minimum atomic E-state index is 0.478. The lowest BCUT2D eigenvalue weighted by Gasteiger charge is -2.29. The minimum Gasteiger partial charge on any atom is -0.490 e. The van der Waals surface area contributed by atoms with Gasteiger partial charge in [-0.1, -0.05) is 17.7 Å². The SMILES string of the molecule is Cc1ccc(OC2CCC2)c(CC2CCCNC2)c1. The summed E-state index contributed by atoms with van der Waals surface area (Å²) in [5.74, 6) is 1.92. The summed E-state index contributed by atoms with van der Waals surface area (Å²) < 4.78 is 6.16. The maximum Gasteiger partial charge on any atom is 0.122 e. The molecule has 1 N–H and O–H groups in total. The van der Waals surface area contributed by atoms with Crippen molar-refractivity contribution in [2.75, 3.05) is 13.1 Å². The first-order chi connectivity index (χ1) is 9.31. The molecule has 1 aromatic rings. The molecule has 3 rings (SSSR count). The summed E-state index contributed by atoms with van der Waals surface area (Å²) in [7, 11) is 0. The van der Waals surface area contributed by atoms with E-state index < -0.39 is 0 Å². The van der Waals surface area contributed by atoms with Crippen LogP contribution in [0.25, 0.3) is 0 Å². The van der Waals surface area contributed by atoms with Crippen molar-refractivity contribution in [1.29, 1.82) is 0 Å². The quantitative estimate of drug-likeness (QED) is 0.894. The Morgan fingerprint density at radius 2 is 2.11 bits per heavy atom. The molecule has 2 heteroatoms. The van der Waals surface area contributed by atoms with Crippen molar-refractivity contribution in [1.82, 2.24) is 5.32 Å². The molecule has 104 valence electrons. The van der Waals surface area contributed by atoms with E-state index in [2.05, 4.69) is 30.4 Å². The summed E-state index contributed by atoms with van der Waals surface area (Å²) in [5.41, 5.74) is 2.76. The number of piperidine rings is 1. The Kier molecular flexibility index (Phi) is 4.07. The zero-order chi connectivity index (χ0) is 13.1. The number of hydrogen-bond acceptors (Lipinski definition) is 2. The molecule has 2 fully saturated rings. The molecule has 1 heterocycles. The Morgan fingerprint density at radius 1 is 1.21 bits per heavy atom. The van der Waals surface area contributed by atoms with Crippen molar-refractivity contribution in [3.63, 3.8) is 0 Å². The molecule has 1 aliphatic carbocycles. The van der Waals surface area contributed by atoms with Gasteiger partial charge in [0.1, 0.15) is 5.75 Å². The zero-order valence-electron chi connectivity index (χ0n) is 12.0. The second kappa shape index (κ2) is 5.96. The summed E-state index contributed by atoms with van der Waals surface area (Å²) >= 11 is 0. The van der Waals surface area contributed by atoms with Gasteiger partial charge in [-0.15, -0.1) is 0 Å². The van der Waals surface area contributed by atoms with Crippen molar-refractivity contribution in [2.24, 2.45) is 5.92 Å². The highest BCUT2D eigenvalue weighted by molar-refractivity contribution is 5.37. The third-order valence-corrected chi connectivity index (χ3v) is 4.47. The first-order valence-corrected chi connectivity index (χ1v) is 7.78. The van der Waals surface area contributed by atoms with E-state index in [-0.39, 0.29) is 0 Å². The molecule has 1 unspecified atom stereocenters. The number of benzene rings is 1. The van der Waals surface area contributed by atoms with Crippen LogP contribution in [0.4, 0.5) is 0 Å². The highest BCUT2D eigenvalue weighted by atomic mass is 16.5. The van der Waals surface area contributed by atoms with Gasteiger partial charge in [-0.25, -0.2) is 0 Å². The summed E-state index contributed by atoms with van der Waals surface area (Å²) in [6.45, 7) is 4.53. The first kappa shape index (κ1) is 13.0. The Bertz CT molecular complexity index is 419. The van der Waals surface area contributed by atoms with E-state index in [0.29, 0.717) is 6.10 Å². The number of nitrogens with one attached hydrogen (secondary N) is 1. The Labute approximate surface area is 116 Å². The van der Waals surface area contributed by atoms with E-state index in [1.54, 1.807) is 0 Å². The Hall–Kier alpha value is -1.02. The van der Waals surface area contributed by atoms with E-state index in [0.717, 1.165) is 24.6 Å². The molecule has 0 bridgehead atoms. The van der Waals surface area contributed by atoms with Gasteiger partial charge in [0.2, 0.25) is 0 Å². The van der Waals surface area contributed by atoms with Gasteiger partial charge >= 0.3 is 0 Å². The van der Waals surface area contributed by atoms with Crippen LogP contribution in [0.15, 0.2) is 18.2 Å². The van der Waals surface area contributed by atoms with Crippen LogP contribution in [0.3, 0.4) is 0 Å². The van der Waals surface area contributed by atoms with Crippen molar-refractivity contribution < 1.29 is 4.74 Å². The van der Waals surface area contributed by atoms with Crippen LogP contribution in [-0.4, -0.2) is 19.2 Å². The number of aryl methyl sites for hydroxylation is 1. The van der Waals surface area contributed by atoms with Gasteiger partial charge < -0.3 is 10.1 Å². The molecule has 0 amide bonds. The van der Waals surface area contributed by atoms with Gasteiger partial charge in [0.05, 0.1) is 6.10 Å². The minimum absolute atomic E-state index is 0.478. The van der Waals surface area contributed by atoms with Crippen LogP contribution >= 0.6 is 0 Å². The van der Waals surface area contributed by atoms with Crippen LogP contribution in [0, 0.1) is 12.8 Å². The summed E-state index contributed by atoms with van der Waals surface area (Å²) in [5, 5.41) is 3.51. The summed E-state index contributed by atoms with van der Waals surface area (Å²) in [6.07, 6.45) is 8.11. The third-order valence-electron chi connectivity index (χ3n) is 4.47. The predicted molar refractivity (Wildman–Crippen MR) is 78.7 cm³/mol. The second-order valence-corrected chi connectivity index (χ2v) is 6.20. The van der Waals surface area contributed by atoms with Crippen molar-refractivity contribution in [3.05, 3.63) is 29.3 Å². The second-order valence-electron chi connectivity index (χ2n) is 6.20. The number of hydrogen-bond donors (Lipinski definition) is 1. The lowest BCUT2D eigenvalue weighted by atomic mass is 9.91. The Balaban J connectivity index is 1.71. The lowest BCUT2D eigenvalue weighted by molar-refractivity contribution is 0.118. The van der Waals surface area contributed by atoms with Crippen molar-refractivity contribution in [2.45, 2.75) is 51.6 Å². The number of rotatable bonds is 4. The standard InChI is InChI=1S/C17H25NO/c1-13-7-8-17(19-16-5-2-6-16)15(10-13)11-14-4-3-9-18-12-14/h7-8,10,14,16,18H,2-6,9,11-12H2,1H3. The fourth-order valence-corrected chi connectivity index (χ4v) is 3.06. The zero-order valence-corrected chi connectivity index (χ0v) is 12.0. The monoisotopic (exact) mass is 259 g/mol. The molecule has 1 atom stereocenters.